The molecule has 0 aromatic heterocycles. The molecule has 0 saturated carbocycles. The van der Waals surface area contributed by atoms with Crippen LogP contribution in [-0.2, 0) is 0 Å². The standard InChI is InChI=1S/C11H17ClN3O2P/c1-14(2)18(17,15(3)4)13-11(16)9-5-7-10(12)8-6-9/h5-8,17H,1-4H3/p+1. The summed E-state index contributed by atoms with van der Waals surface area (Å²) in [7, 11) is 4.06. The number of nitrogens with zero attached hydrogens (tertiary/aromatic N) is 2. The first-order chi connectivity index (χ1) is 8.27. The second-order valence-corrected chi connectivity index (χ2v) is 7.61. The van der Waals surface area contributed by atoms with E-state index in [4.69, 9.17) is 11.6 Å². The summed E-state index contributed by atoms with van der Waals surface area (Å²) in [5.74, 6) is -0.329. The van der Waals surface area contributed by atoms with Crippen LogP contribution in [0, 0.1) is 0 Å². The molecule has 0 aliphatic heterocycles. The molecule has 2 N–H and O–H groups in total. The number of nitrogens with one attached hydrogen (secondary N) is 1. The highest BCUT2D eigenvalue weighted by Gasteiger charge is 2.45. The molecule has 7 heteroatoms. The lowest BCUT2D eigenvalue weighted by molar-refractivity contribution is 0.0972. The Bertz CT molecular complexity index is 415. The Morgan fingerprint density at radius 3 is 2.00 bits per heavy atom. The van der Waals surface area contributed by atoms with Crippen LogP contribution >= 0.6 is 19.5 Å². The summed E-state index contributed by atoms with van der Waals surface area (Å²) in [5, 5.41) is 3.23. The van der Waals surface area contributed by atoms with E-state index in [1.54, 1.807) is 61.8 Å². The van der Waals surface area contributed by atoms with Gasteiger partial charge in [-0.25, -0.2) is 0 Å². The molecule has 0 aliphatic carbocycles. The molecule has 0 spiro atoms. The van der Waals surface area contributed by atoms with Gasteiger partial charge in [0, 0.05) is 38.8 Å². The van der Waals surface area contributed by atoms with E-state index < -0.39 is 7.94 Å². The lowest BCUT2D eigenvalue weighted by Crippen LogP contribution is -2.39. The summed E-state index contributed by atoms with van der Waals surface area (Å²) in [6.07, 6.45) is 0. The highest BCUT2D eigenvalue weighted by Crippen LogP contribution is 2.53. The fraction of sp³-hybridized carbons (Fsp3) is 0.364. The second kappa shape index (κ2) is 5.95. The van der Waals surface area contributed by atoms with Crippen molar-refractivity contribution in [1.82, 2.24) is 14.4 Å². The van der Waals surface area contributed by atoms with Gasteiger partial charge in [-0.3, -0.25) is 4.79 Å². The van der Waals surface area contributed by atoms with E-state index in [9.17, 15) is 9.69 Å². The van der Waals surface area contributed by atoms with Crippen molar-refractivity contribution in [1.29, 1.82) is 0 Å². The Kier molecular flexibility index (Phi) is 5.08. The smallest absolute Gasteiger partial charge is 0.266 e. The maximum absolute atomic E-state index is 12.0. The van der Waals surface area contributed by atoms with Gasteiger partial charge in [-0.15, -0.1) is 9.34 Å². The number of benzene rings is 1. The Labute approximate surface area is 113 Å². The maximum atomic E-state index is 12.0. The zero-order chi connectivity index (χ0) is 13.9. The number of halogens is 1. The molecule has 0 radical (unpaired) electrons. The topological polar surface area (TPSA) is 55.8 Å². The molecule has 5 nitrogen and oxygen atoms in total. The molecule has 0 aliphatic rings. The lowest BCUT2D eigenvalue weighted by atomic mass is 10.2. The molecular formula is C11H18ClN3O2P+. The summed E-state index contributed by atoms with van der Waals surface area (Å²) in [5.41, 5.74) is 0.460. The Hall–Kier alpha value is -0.710. The van der Waals surface area contributed by atoms with Crippen molar-refractivity contribution in [3.63, 3.8) is 0 Å². The van der Waals surface area contributed by atoms with Gasteiger partial charge in [0.15, 0.2) is 0 Å². The molecule has 0 saturated heterocycles. The summed E-state index contributed by atoms with van der Waals surface area (Å²) < 4.78 is 3.22. The zero-order valence-electron chi connectivity index (χ0n) is 10.9. The SMILES string of the molecule is CN(C)[P+](O)(NC(=O)c1ccc(Cl)cc1)N(C)C. The van der Waals surface area contributed by atoms with E-state index in [-0.39, 0.29) is 5.91 Å². The van der Waals surface area contributed by atoms with Crippen molar-refractivity contribution in [3.05, 3.63) is 34.9 Å². The average Bonchev–Trinajstić information content (AvgIpc) is 2.29. The quantitative estimate of drug-likeness (QED) is 0.831. The average molecular weight is 291 g/mol. The number of hydrogen-bond acceptors (Lipinski definition) is 4. The van der Waals surface area contributed by atoms with Crippen molar-refractivity contribution >= 4 is 25.4 Å². The molecule has 0 fully saturated rings. The van der Waals surface area contributed by atoms with Crippen LogP contribution in [-0.4, -0.2) is 48.3 Å². The number of carbonyl (C=O) groups excluding carboxylic acids is 1. The van der Waals surface area contributed by atoms with E-state index >= 15 is 0 Å². The van der Waals surface area contributed by atoms with Crippen LogP contribution in [0.3, 0.4) is 0 Å². The highest BCUT2D eigenvalue weighted by molar-refractivity contribution is 7.64. The van der Waals surface area contributed by atoms with E-state index in [0.29, 0.717) is 10.6 Å². The predicted octanol–water partition coefficient (Wildman–Crippen LogP) is 1.86. The van der Waals surface area contributed by atoms with Crippen molar-refractivity contribution in [2.45, 2.75) is 0 Å². The number of amides is 1. The van der Waals surface area contributed by atoms with Gasteiger partial charge in [0.05, 0.1) is 0 Å². The molecule has 100 valence electrons. The zero-order valence-corrected chi connectivity index (χ0v) is 12.5. The van der Waals surface area contributed by atoms with Crippen LogP contribution in [0.15, 0.2) is 24.3 Å². The minimum absolute atomic E-state index is 0.329. The fourth-order valence-electron chi connectivity index (χ4n) is 1.36. The lowest BCUT2D eigenvalue weighted by Gasteiger charge is -2.28. The summed E-state index contributed by atoms with van der Waals surface area (Å²) >= 11 is 5.76. The van der Waals surface area contributed by atoms with Crippen molar-refractivity contribution in [2.75, 3.05) is 28.2 Å². The van der Waals surface area contributed by atoms with Crippen LogP contribution in [0.25, 0.3) is 0 Å². The first-order valence-corrected chi connectivity index (χ1v) is 7.35. The Balaban J connectivity index is 2.89. The molecule has 0 bridgehead atoms. The number of hydrogen-bond donors (Lipinski definition) is 2. The Morgan fingerprint density at radius 1 is 1.17 bits per heavy atom. The van der Waals surface area contributed by atoms with Crippen LogP contribution in [0.1, 0.15) is 10.4 Å². The van der Waals surface area contributed by atoms with Gasteiger partial charge >= 0.3 is 7.94 Å². The molecule has 0 heterocycles. The van der Waals surface area contributed by atoms with Gasteiger partial charge in [0.2, 0.25) is 0 Å². The second-order valence-electron chi connectivity index (χ2n) is 4.21. The van der Waals surface area contributed by atoms with Gasteiger partial charge in [-0.1, -0.05) is 11.6 Å². The molecule has 0 atom stereocenters. The number of rotatable bonds is 4. The third-order valence-electron chi connectivity index (χ3n) is 2.47. The largest absolute Gasteiger partial charge is 0.392 e. The van der Waals surface area contributed by atoms with Crippen LogP contribution < -0.4 is 5.09 Å². The van der Waals surface area contributed by atoms with Crippen LogP contribution in [0.2, 0.25) is 5.02 Å². The molecule has 0 unspecified atom stereocenters. The monoisotopic (exact) mass is 290 g/mol. The minimum atomic E-state index is -2.81. The maximum Gasteiger partial charge on any atom is 0.392 e. The Morgan fingerprint density at radius 2 is 1.61 bits per heavy atom. The highest BCUT2D eigenvalue weighted by atomic mass is 35.5. The minimum Gasteiger partial charge on any atom is -0.266 e. The summed E-state index contributed by atoms with van der Waals surface area (Å²) in [4.78, 5) is 22.5. The van der Waals surface area contributed by atoms with Gasteiger partial charge in [0.25, 0.3) is 5.91 Å². The molecule has 1 amide bonds. The molecule has 18 heavy (non-hydrogen) atoms. The van der Waals surface area contributed by atoms with E-state index in [1.807, 2.05) is 0 Å². The molecule has 1 aromatic rings. The predicted molar refractivity (Wildman–Crippen MR) is 75.4 cm³/mol. The fourth-order valence-corrected chi connectivity index (χ4v) is 3.00. The van der Waals surface area contributed by atoms with E-state index in [2.05, 4.69) is 5.09 Å². The number of carbonyl (C=O) groups is 1. The van der Waals surface area contributed by atoms with Crippen LogP contribution in [0.4, 0.5) is 0 Å². The normalized spacial score (nSPS) is 12.0. The third kappa shape index (κ3) is 3.40. The van der Waals surface area contributed by atoms with Gasteiger partial charge in [-0.2, -0.15) is 9.98 Å². The van der Waals surface area contributed by atoms with Crippen molar-refractivity contribution < 1.29 is 9.69 Å². The van der Waals surface area contributed by atoms with Gasteiger partial charge in [-0.05, 0) is 24.3 Å². The van der Waals surface area contributed by atoms with E-state index in [0.717, 1.165) is 0 Å². The molecular weight excluding hydrogens is 273 g/mol. The summed E-state index contributed by atoms with van der Waals surface area (Å²) in [6.45, 7) is 0. The van der Waals surface area contributed by atoms with Crippen molar-refractivity contribution in [2.24, 2.45) is 0 Å². The van der Waals surface area contributed by atoms with Crippen molar-refractivity contribution in [3.8, 4) is 0 Å². The molecule has 1 rings (SSSR count). The van der Waals surface area contributed by atoms with Crippen LogP contribution in [0.5, 0.6) is 0 Å². The van der Waals surface area contributed by atoms with Gasteiger partial charge in [0.1, 0.15) is 0 Å². The summed E-state index contributed by atoms with van der Waals surface area (Å²) in [6, 6.07) is 6.51. The third-order valence-corrected chi connectivity index (χ3v) is 5.46. The van der Waals surface area contributed by atoms with E-state index in [1.165, 1.54) is 0 Å². The first kappa shape index (κ1) is 15.3. The van der Waals surface area contributed by atoms with Gasteiger partial charge < -0.3 is 0 Å². The molecule has 1 aromatic carbocycles. The first-order valence-electron chi connectivity index (χ1n) is 5.33.